The van der Waals surface area contributed by atoms with E-state index in [9.17, 15) is 19.8 Å². The molecule has 2 aromatic rings. The SMILES string of the molecule is CCOCCOCC#Cc1cc(C(=O)O)cc2cccc(C(=O)O)c12. The second kappa shape index (κ2) is 8.83. The summed E-state index contributed by atoms with van der Waals surface area (Å²) in [7, 11) is 0. The van der Waals surface area contributed by atoms with Gasteiger partial charge < -0.3 is 19.7 Å². The van der Waals surface area contributed by atoms with E-state index in [1.54, 1.807) is 12.1 Å². The molecule has 0 amide bonds. The summed E-state index contributed by atoms with van der Waals surface area (Å²) in [4.78, 5) is 22.7. The van der Waals surface area contributed by atoms with Crippen molar-refractivity contribution in [2.45, 2.75) is 6.92 Å². The van der Waals surface area contributed by atoms with Crippen molar-refractivity contribution < 1.29 is 29.3 Å². The lowest BCUT2D eigenvalue weighted by molar-refractivity contribution is 0.0662. The van der Waals surface area contributed by atoms with Gasteiger partial charge in [0.05, 0.1) is 24.3 Å². The van der Waals surface area contributed by atoms with E-state index in [2.05, 4.69) is 11.8 Å². The van der Waals surface area contributed by atoms with Crippen LogP contribution in [0.4, 0.5) is 0 Å². The van der Waals surface area contributed by atoms with Crippen LogP contribution in [0.3, 0.4) is 0 Å². The summed E-state index contributed by atoms with van der Waals surface area (Å²) in [5.74, 6) is 3.42. The summed E-state index contributed by atoms with van der Waals surface area (Å²) < 4.78 is 10.4. The second-order valence-electron chi connectivity index (χ2n) is 5.09. The number of hydrogen-bond acceptors (Lipinski definition) is 4. The summed E-state index contributed by atoms with van der Waals surface area (Å²) in [6.07, 6.45) is 0. The third-order valence-corrected chi connectivity index (χ3v) is 3.43. The molecule has 2 aromatic carbocycles. The second-order valence-corrected chi connectivity index (χ2v) is 5.09. The third kappa shape index (κ3) is 4.80. The first-order valence-electron chi connectivity index (χ1n) is 7.72. The highest BCUT2D eigenvalue weighted by Gasteiger charge is 2.14. The van der Waals surface area contributed by atoms with Crippen molar-refractivity contribution >= 4 is 22.7 Å². The van der Waals surface area contributed by atoms with Crippen molar-refractivity contribution in [1.82, 2.24) is 0 Å². The first kappa shape index (κ1) is 18.5. The number of rotatable bonds is 7. The van der Waals surface area contributed by atoms with Gasteiger partial charge in [0, 0.05) is 17.6 Å². The van der Waals surface area contributed by atoms with E-state index in [-0.39, 0.29) is 17.7 Å². The Morgan fingerprint density at radius 2 is 1.84 bits per heavy atom. The standard InChI is InChI=1S/C19H18O6/c1-2-24-9-10-25-8-4-6-14-12-15(18(20)21)11-13-5-3-7-16(17(13)14)19(22)23/h3,5,7,11-12H,2,8-10H2,1H3,(H,20,21)(H,22,23). The minimum atomic E-state index is -1.10. The van der Waals surface area contributed by atoms with Crippen LogP contribution in [-0.2, 0) is 9.47 Å². The molecule has 0 aliphatic heterocycles. The molecule has 130 valence electrons. The predicted molar refractivity (Wildman–Crippen MR) is 92.1 cm³/mol. The van der Waals surface area contributed by atoms with Gasteiger partial charge in [-0.1, -0.05) is 24.0 Å². The number of fused-ring (bicyclic) bond motifs is 1. The molecule has 0 radical (unpaired) electrons. The fourth-order valence-electron chi connectivity index (χ4n) is 2.34. The highest BCUT2D eigenvalue weighted by Crippen LogP contribution is 2.25. The molecule has 0 atom stereocenters. The molecule has 6 heteroatoms. The molecule has 0 saturated carbocycles. The molecule has 0 aliphatic carbocycles. The summed E-state index contributed by atoms with van der Waals surface area (Å²) in [6, 6.07) is 7.52. The normalized spacial score (nSPS) is 10.3. The van der Waals surface area contributed by atoms with Crippen molar-refractivity contribution in [2.24, 2.45) is 0 Å². The van der Waals surface area contributed by atoms with Gasteiger partial charge in [0.15, 0.2) is 0 Å². The number of carboxylic acids is 2. The Kier molecular flexibility index (Phi) is 6.52. The fraction of sp³-hybridized carbons (Fsp3) is 0.263. The van der Waals surface area contributed by atoms with Crippen molar-refractivity contribution in [3.05, 3.63) is 47.0 Å². The predicted octanol–water partition coefficient (Wildman–Crippen LogP) is 2.64. The lowest BCUT2D eigenvalue weighted by Gasteiger charge is -2.07. The number of benzene rings is 2. The average Bonchev–Trinajstić information content (AvgIpc) is 2.59. The summed E-state index contributed by atoms with van der Waals surface area (Å²) in [5.41, 5.74) is 0.480. The Balaban J connectivity index is 2.36. The van der Waals surface area contributed by atoms with Gasteiger partial charge in [-0.3, -0.25) is 0 Å². The summed E-state index contributed by atoms with van der Waals surface area (Å²) in [6.45, 7) is 3.51. The van der Waals surface area contributed by atoms with Crippen LogP contribution < -0.4 is 0 Å². The van der Waals surface area contributed by atoms with E-state index in [0.29, 0.717) is 36.2 Å². The zero-order chi connectivity index (χ0) is 18.2. The monoisotopic (exact) mass is 342 g/mol. The van der Waals surface area contributed by atoms with Gasteiger partial charge in [-0.15, -0.1) is 0 Å². The Morgan fingerprint density at radius 1 is 1.08 bits per heavy atom. The maximum atomic E-state index is 11.5. The molecule has 0 heterocycles. The molecular formula is C19H18O6. The smallest absolute Gasteiger partial charge is 0.336 e. The molecule has 0 spiro atoms. The zero-order valence-corrected chi connectivity index (χ0v) is 13.7. The largest absolute Gasteiger partial charge is 0.478 e. The van der Waals surface area contributed by atoms with Gasteiger partial charge >= 0.3 is 11.9 Å². The number of ether oxygens (including phenoxy) is 2. The van der Waals surface area contributed by atoms with Crippen LogP contribution in [0.25, 0.3) is 10.8 Å². The molecule has 2 rings (SSSR count). The highest BCUT2D eigenvalue weighted by molar-refractivity contribution is 6.08. The van der Waals surface area contributed by atoms with Crippen molar-refractivity contribution in [3.63, 3.8) is 0 Å². The molecule has 2 N–H and O–H groups in total. The first-order valence-corrected chi connectivity index (χ1v) is 7.72. The Labute approximate surface area is 145 Å². The molecule has 0 aromatic heterocycles. The van der Waals surface area contributed by atoms with Crippen molar-refractivity contribution in [2.75, 3.05) is 26.4 Å². The van der Waals surface area contributed by atoms with Gasteiger partial charge in [0.1, 0.15) is 6.61 Å². The molecule has 6 nitrogen and oxygen atoms in total. The van der Waals surface area contributed by atoms with Crippen molar-refractivity contribution in [3.8, 4) is 11.8 Å². The molecule has 0 unspecified atom stereocenters. The van der Waals surface area contributed by atoms with Gasteiger partial charge in [-0.05, 0) is 30.5 Å². The maximum absolute atomic E-state index is 11.5. The number of aromatic carboxylic acids is 2. The molecule has 0 saturated heterocycles. The first-order chi connectivity index (χ1) is 12.0. The topological polar surface area (TPSA) is 93.1 Å². The molecule has 25 heavy (non-hydrogen) atoms. The average molecular weight is 342 g/mol. The van der Waals surface area contributed by atoms with Crippen LogP contribution in [0.15, 0.2) is 30.3 Å². The van der Waals surface area contributed by atoms with Crippen LogP contribution in [0.2, 0.25) is 0 Å². The Bertz CT molecular complexity index is 844. The molecule has 0 bridgehead atoms. The van der Waals surface area contributed by atoms with Crippen LogP contribution in [0, 0.1) is 11.8 Å². The van der Waals surface area contributed by atoms with Crippen LogP contribution >= 0.6 is 0 Å². The van der Waals surface area contributed by atoms with E-state index in [0.717, 1.165) is 0 Å². The van der Waals surface area contributed by atoms with Crippen molar-refractivity contribution in [1.29, 1.82) is 0 Å². The van der Waals surface area contributed by atoms with Gasteiger partial charge in [-0.25, -0.2) is 9.59 Å². The highest BCUT2D eigenvalue weighted by atomic mass is 16.5. The van der Waals surface area contributed by atoms with Gasteiger partial charge in [0.25, 0.3) is 0 Å². The third-order valence-electron chi connectivity index (χ3n) is 3.43. The number of carbonyl (C=O) groups is 2. The van der Waals surface area contributed by atoms with E-state index >= 15 is 0 Å². The minimum absolute atomic E-state index is 0.0524. The van der Waals surface area contributed by atoms with Crippen LogP contribution in [0.1, 0.15) is 33.2 Å². The summed E-state index contributed by atoms with van der Waals surface area (Å²) in [5, 5.41) is 19.5. The maximum Gasteiger partial charge on any atom is 0.336 e. The molecular weight excluding hydrogens is 324 g/mol. The van der Waals surface area contributed by atoms with E-state index < -0.39 is 11.9 Å². The summed E-state index contributed by atoms with van der Waals surface area (Å²) >= 11 is 0. The molecule has 0 fully saturated rings. The van der Waals surface area contributed by atoms with Gasteiger partial charge in [0.2, 0.25) is 0 Å². The number of hydrogen-bond donors (Lipinski definition) is 2. The Morgan fingerprint density at radius 3 is 2.52 bits per heavy atom. The quantitative estimate of drug-likeness (QED) is 0.593. The lowest BCUT2D eigenvalue weighted by atomic mass is 9.96. The zero-order valence-electron chi connectivity index (χ0n) is 13.7. The molecule has 0 aliphatic rings. The Hall–Kier alpha value is -2.88. The number of carboxylic acid groups (broad SMARTS) is 2. The lowest BCUT2D eigenvalue weighted by Crippen LogP contribution is -2.04. The van der Waals surface area contributed by atoms with E-state index in [1.165, 1.54) is 18.2 Å². The fourth-order valence-corrected chi connectivity index (χ4v) is 2.34. The van der Waals surface area contributed by atoms with E-state index in [4.69, 9.17) is 9.47 Å². The van der Waals surface area contributed by atoms with Gasteiger partial charge in [-0.2, -0.15) is 0 Å². The van der Waals surface area contributed by atoms with E-state index in [1.807, 2.05) is 6.92 Å². The minimum Gasteiger partial charge on any atom is -0.478 e. The van der Waals surface area contributed by atoms with Crippen LogP contribution in [0.5, 0.6) is 0 Å². The van der Waals surface area contributed by atoms with Crippen LogP contribution in [-0.4, -0.2) is 48.6 Å².